The minimum Gasteiger partial charge on any atom is -0.315 e. The molecule has 0 aromatic rings. The lowest BCUT2D eigenvalue weighted by Crippen LogP contribution is -2.41. The second-order valence-electron chi connectivity index (χ2n) is 2.12. The number of hydrogen-bond donors (Lipinski definition) is 1. The van der Waals surface area contributed by atoms with Crippen LogP contribution in [0.3, 0.4) is 0 Å². The number of piperidine rings is 1. The van der Waals surface area contributed by atoms with Crippen LogP contribution in [-0.4, -0.2) is 24.0 Å². The fourth-order valence-electron chi connectivity index (χ4n) is 0.821. The lowest BCUT2D eigenvalue weighted by atomic mass is 10.1. The molecule has 0 spiro atoms. The molecule has 2 atom stereocenters. The van der Waals surface area contributed by atoms with E-state index in [9.17, 15) is 0 Å². The normalized spacial score (nSPS) is 39.8. The maximum absolute atomic E-state index is 7.39. The van der Waals surface area contributed by atoms with Crippen LogP contribution >= 0.6 is 15.9 Å². The monoisotopic (exact) mass is 177 g/mol. The van der Waals surface area contributed by atoms with Gasteiger partial charge < -0.3 is 5.32 Å². The zero-order valence-electron chi connectivity index (χ0n) is 4.65. The summed E-state index contributed by atoms with van der Waals surface area (Å²) in [5.41, 5.74) is 7.39. The highest BCUT2D eigenvalue weighted by Crippen LogP contribution is 2.10. The molecule has 0 aliphatic carbocycles. The lowest BCUT2D eigenvalue weighted by Gasteiger charge is -2.23. The summed E-state index contributed by atoms with van der Waals surface area (Å²) < 4.78 is 0. The Bertz CT molecular complexity index is 66.8. The third-order valence-corrected chi connectivity index (χ3v) is 2.37. The molecule has 1 fully saturated rings. The second kappa shape index (κ2) is 2.80. The molecule has 3 heteroatoms. The van der Waals surface area contributed by atoms with Crippen molar-refractivity contribution in [3.63, 3.8) is 0 Å². The third kappa shape index (κ3) is 1.44. The number of hydrogen-bond acceptors (Lipinski definition) is 1. The van der Waals surface area contributed by atoms with Gasteiger partial charge in [-0.2, -0.15) is 0 Å². The van der Waals surface area contributed by atoms with Crippen LogP contribution in [0.25, 0.3) is 0 Å². The Morgan fingerprint density at radius 1 is 1.62 bits per heavy atom. The van der Waals surface area contributed by atoms with Crippen molar-refractivity contribution in [2.45, 2.75) is 17.3 Å². The van der Waals surface area contributed by atoms with Gasteiger partial charge in [0.1, 0.15) is 0 Å². The summed E-state index contributed by atoms with van der Waals surface area (Å²) in [6.07, 6.45) is 0.982. The Balaban J connectivity index is 2.28. The van der Waals surface area contributed by atoms with Gasteiger partial charge in [0.05, 0.1) is 0 Å². The quantitative estimate of drug-likeness (QED) is 0.535. The van der Waals surface area contributed by atoms with Crippen molar-refractivity contribution in [1.29, 1.82) is 0 Å². The van der Waals surface area contributed by atoms with Gasteiger partial charge >= 0.3 is 0 Å². The van der Waals surface area contributed by atoms with Gasteiger partial charge in [0, 0.05) is 17.4 Å². The Labute approximate surface area is 58.0 Å². The topological polar surface area (TPSA) is 35.8 Å². The summed E-state index contributed by atoms with van der Waals surface area (Å²) in [5.74, 6) is 0. The van der Waals surface area contributed by atoms with E-state index in [1.165, 1.54) is 0 Å². The highest BCUT2D eigenvalue weighted by atomic mass is 79.9. The van der Waals surface area contributed by atoms with E-state index in [0.29, 0.717) is 4.83 Å². The first kappa shape index (κ1) is 6.52. The summed E-state index contributed by atoms with van der Waals surface area (Å²) in [5, 5.41) is 3.20. The molecule has 1 heterocycles. The summed E-state index contributed by atoms with van der Waals surface area (Å²) in [6, 6.07) is 0.108. The average molecular weight is 178 g/mol. The molecule has 2 N–H and O–H groups in total. The Morgan fingerprint density at radius 2 is 2.38 bits per heavy atom. The zero-order chi connectivity index (χ0) is 5.98. The number of nitrogens with one attached hydrogen (secondary N) is 2. The van der Waals surface area contributed by atoms with Gasteiger partial charge in [-0.15, -0.1) is 0 Å². The fraction of sp³-hybridized carbons (Fsp3) is 1.00. The van der Waals surface area contributed by atoms with E-state index in [2.05, 4.69) is 21.2 Å². The minimum atomic E-state index is 0.108. The highest BCUT2D eigenvalue weighted by Gasteiger charge is 2.18. The van der Waals surface area contributed by atoms with E-state index in [0.717, 1.165) is 19.5 Å². The van der Waals surface area contributed by atoms with Gasteiger partial charge in [-0.3, -0.25) is 5.73 Å². The van der Waals surface area contributed by atoms with E-state index in [-0.39, 0.29) is 6.04 Å². The maximum atomic E-state index is 7.39. The lowest BCUT2D eigenvalue weighted by molar-refractivity contribution is 0.465. The van der Waals surface area contributed by atoms with E-state index in [1.807, 2.05) is 0 Å². The summed E-state index contributed by atoms with van der Waals surface area (Å²) in [4.78, 5) is 0.372. The average Bonchev–Trinajstić information content (AvgIpc) is 1.77. The number of rotatable bonds is 0. The standard InChI is InChI=1S/C5H10BrN2/c6-4-3-8-2-1-5(4)7/h4-5,7-8H,1-3H2. The summed E-state index contributed by atoms with van der Waals surface area (Å²) >= 11 is 3.40. The fourth-order valence-corrected chi connectivity index (χ4v) is 1.31. The second-order valence-corrected chi connectivity index (χ2v) is 3.29. The van der Waals surface area contributed by atoms with Crippen molar-refractivity contribution in [1.82, 2.24) is 11.1 Å². The van der Waals surface area contributed by atoms with Crippen molar-refractivity contribution >= 4 is 15.9 Å². The van der Waals surface area contributed by atoms with Crippen LogP contribution < -0.4 is 11.1 Å². The van der Waals surface area contributed by atoms with Crippen LogP contribution in [0.1, 0.15) is 6.42 Å². The van der Waals surface area contributed by atoms with Crippen LogP contribution in [0.2, 0.25) is 0 Å². The Hall–Kier alpha value is 0.400. The van der Waals surface area contributed by atoms with Gasteiger partial charge in [-0.25, -0.2) is 0 Å². The summed E-state index contributed by atoms with van der Waals surface area (Å²) in [7, 11) is 0. The summed E-state index contributed by atoms with van der Waals surface area (Å²) in [6.45, 7) is 1.96. The molecule has 2 nitrogen and oxygen atoms in total. The Kier molecular flexibility index (Phi) is 2.28. The van der Waals surface area contributed by atoms with E-state index in [4.69, 9.17) is 5.73 Å². The molecule has 1 aliphatic heterocycles. The number of halogens is 1. The molecule has 1 saturated heterocycles. The highest BCUT2D eigenvalue weighted by molar-refractivity contribution is 9.09. The van der Waals surface area contributed by atoms with Crippen molar-refractivity contribution in [3.05, 3.63) is 0 Å². The van der Waals surface area contributed by atoms with Crippen molar-refractivity contribution in [3.8, 4) is 0 Å². The molecule has 0 saturated carbocycles. The first-order chi connectivity index (χ1) is 3.80. The molecule has 0 bridgehead atoms. The van der Waals surface area contributed by atoms with Crippen LogP contribution in [0.4, 0.5) is 0 Å². The molecule has 8 heavy (non-hydrogen) atoms. The molecule has 0 amide bonds. The zero-order valence-corrected chi connectivity index (χ0v) is 6.24. The minimum absolute atomic E-state index is 0.108. The van der Waals surface area contributed by atoms with Crippen molar-refractivity contribution < 1.29 is 0 Å². The van der Waals surface area contributed by atoms with Gasteiger partial charge in [0.15, 0.2) is 0 Å². The molecular weight excluding hydrogens is 168 g/mol. The van der Waals surface area contributed by atoms with Gasteiger partial charge in [0.2, 0.25) is 0 Å². The van der Waals surface area contributed by atoms with Crippen LogP contribution in [0.15, 0.2) is 0 Å². The molecule has 1 aliphatic rings. The largest absolute Gasteiger partial charge is 0.315 e. The van der Waals surface area contributed by atoms with E-state index < -0.39 is 0 Å². The molecule has 1 radical (unpaired) electrons. The Morgan fingerprint density at radius 3 is 2.75 bits per heavy atom. The SMILES string of the molecule is [NH]C1CCNCC1Br. The third-order valence-electron chi connectivity index (χ3n) is 1.41. The van der Waals surface area contributed by atoms with Crippen molar-refractivity contribution in [2.75, 3.05) is 13.1 Å². The first-order valence-electron chi connectivity index (χ1n) is 2.86. The smallest absolute Gasteiger partial charge is 0.0437 e. The van der Waals surface area contributed by atoms with Crippen LogP contribution in [0.5, 0.6) is 0 Å². The molecule has 2 unspecified atom stereocenters. The van der Waals surface area contributed by atoms with E-state index in [1.54, 1.807) is 0 Å². The van der Waals surface area contributed by atoms with Gasteiger partial charge in [-0.05, 0) is 13.0 Å². The van der Waals surface area contributed by atoms with E-state index >= 15 is 0 Å². The molecule has 47 valence electrons. The predicted molar refractivity (Wildman–Crippen MR) is 37.1 cm³/mol. The van der Waals surface area contributed by atoms with Crippen LogP contribution in [0, 0.1) is 0 Å². The molecule has 1 rings (SSSR count). The first-order valence-corrected chi connectivity index (χ1v) is 3.78. The van der Waals surface area contributed by atoms with Gasteiger partial charge in [0.25, 0.3) is 0 Å². The molecule has 0 aromatic carbocycles. The maximum Gasteiger partial charge on any atom is 0.0437 e. The molecular formula is C5H10BrN2. The molecule has 0 aromatic heterocycles. The van der Waals surface area contributed by atoms with Crippen molar-refractivity contribution in [2.24, 2.45) is 0 Å². The predicted octanol–water partition coefficient (Wildman–Crippen LogP) is 0.395. The van der Waals surface area contributed by atoms with Crippen LogP contribution in [-0.2, 0) is 0 Å². The van der Waals surface area contributed by atoms with Gasteiger partial charge in [-0.1, -0.05) is 15.9 Å². The number of alkyl halides is 1.